The Balaban J connectivity index is 1.98. The molecule has 1 atom stereocenters. The van der Waals surface area contributed by atoms with Crippen molar-refractivity contribution in [3.05, 3.63) is 29.6 Å². The standard InChI is InChI=1S/C16H24FN/c1-12-11-14(6-7-15(12)17)18-13-5-4-9-16(2,3)10-8-13/h6-7,11,13,18H,4-5,8-10H2,1-3H3. The van der Waals surface area contributed by atoms with E-state index in [1.165, 1.54) is 32.1 Å². The van der Waals surface area contributed by atoms with Crippen molar-refractivity contribution in [3.8, 4) is 0 Å². The summed E-state index contributed by atoms with van der Waals surface area (Å²) in [5, 5.41) is 3.56. The van der Waals surface area contributed by atoms with E-state index in [2.05, 4.69) is 19.2 Å². The summed E-state index contributed by atoms with van der Waals surface area (Å²) < 4.78 is 13.2. The topological polar surface area (TPSA) is 12.0 Å². The number of halogens is 1. The minimum absolute atomic E-state index is 0.123. The van der Waals surface area contributed by atoms with Crippen LogP contribution in [0.4, 0.5) is 10.1 Å². The summed E-state index contributed by atoms with van der Waals surface area (Å²) in [6, 6.07) is 5.85. The van der Waals surface area contributed by atoms with Gasteiger partial charge < -0.3 is 5.32 Å². The Kier molecular flexibility index (Phi) is 3.94. The number of nitrogens with one attached hydrogen (secondary N) is 1. The summed E-state index contributed by atoms with van der Waals surface area (Å²) in [6.07, 6.45) is 6.30. The average Bonchev–Trinajstić information content (AvgIpc) is 2.46. The van der Waals surface area contributed by atoms with Gasteiger partial charge in [-0.15, -0.1) is 0 Å². The highest BCUT2D eigenvalue weighted by molar-refractivity contribution is 5.46. The monoisotopic (exact) mass is 249 g/mol. The van der Waals surface area contributed by atoms with Crippen molar-refractivity contribution in [3.63, 3.8) is 0 Å². The van der Waals surface area contributed by atoms with Gasteiger partial charge in [0.2, 0.25) is 0 Å². The highest BCUT2D eigenvalue weighted by Gasteiger charge is 2.24. The number of hydrogen-bond acceptors (Lipinski definition) is 1. The van der Waals surface area contributed by atoms with Crippen LogP contribution in [0.2, 0.25) is 0 Å². The Morgan fingerprint density at radius 2 is 2.00 bits per heavy atom. The lowest BCUT2D eigenvalue weighted by Crippen LogP contribution is -2.19. The van der Waals surface area contributed by atoms with Gasteiger partial charge in [0.15, 0.2) is 0 Å². The SMILES string of the molecule is Cc1cc(NC2CCCC(C)(C)CC2)ccc1F. The van der Waals surface area contributed by atoms with Crippen molar-refractivity contribution in [1.82, 2.24) is 0 Å². The first-order valence-corrected chi connectivity index (χ1v) is 6.99. The van der Waals surface area contributed by atoms with Crippen LogP contribution >= 0.6 is 0 Å². The molecule has 0 radical (unpaired) electrons. The molecule has 0 heterocycles. The van der Waals surface area contributed by atoms with Gasteiger partial charge in [-0.2, -0.15) is 0 Å². The van der Waals surface area contributed by atoms with Gasteiger partial charge in [-0.25, -0.2) is 4.39 Å². The van der Waals surface area contributed by atoms with Gasteiger partial charge in [0, 0.05) is 11.7 Å². The summed E-state index contributed by atoms with van der Waals surface area (Å²) in [4.78, 5) is 0. The van der Waals surface area contributed by atoms with Crippen LogP contribution in [0.5, 0.6) is 0 Å². The van der Waals surface area contributed by atoms with Crippen LogP contribution in [0.1, 0.15) is 51.5 Å². The molecule has 0 aromatic heterocycles. The predicted octanol–water partition coefficient (Wildman–Crippen LogP) is 4.90. The van der Waals surface area contributed by atoms with E-state index in [0.717, 1.165) is 5.69 Å². The number of benzene rings is 1. The van der Waals surface area contributed by atoms with Crippen molar-refractivity contribution in [2.75, 3.05) is 5.32 Å². The zero-order valence-corrected chi connectivity index (χ0v) is 11.7. The second kappa shape index (κ2) is 5.29. The first kappa shape index (κ1) is 13.4. The maximum Gasteiger partial charge on any atom is 0.126 e. The minimum Gasteiger partial charge on any atom is -0.382 e. The largest absolute Gasteiger partial charge is 0.382 e. The van der Waals surface area contributed by atoms with Crippen LogP contribution < -0.4 is 5.32 Å². The summed E-state index contributed by atoms with van der Waals surface area (Å²) in [6.45, 7) is 6.53. The molecule has 2 heteroatoms. The lowest BCUT2D eigenvalue weighted by Gasteiger charge is -2.22. The predicted molar refractivity (Wildman–Crippen MR) is 75.4 cm³/mol. The molecular formula is C16H24FN. The molecule has 2 rings (SSSR count). The van der Waals surface area contributed by atoms with E-state index in [9.17, 15) is 4.39 Å². The quantitative estimate of drug-likeness (QED) is 0.735. The van der Waals surface area contributed by atoms with Crippen LogP contribution in [-0.4, -0.2) is 6.04 Å². The lowest BCUT2D eigenvalue weighted by atomic mass is 9.85. The smallest absolute Gasteiger partial charge is 0.126 e. The fourth-order valence-electron chi connectivity index (χ4n) is 2.78. The van der Waals surface area contributed by atoms with Gasteiger partial charge in [0.05, 0.1) is 0 Å². The van der Waals surface area contributed by atoms with Crippen molar-refractivity contribution >= 4 is 5.69 Å². The van der Waals surface area contributed by atoms with Crippen molar-refractivity contribution in [2.24, 2.45) is 5.41 Å². The van der Waals surface area contributed by atoms with Gasteiger partial charge >= 0.3 is 0 Å². The summed E-state index contributed by atoms with van der Waals surface area (Å²) in [7, 11) is 0. The van der Waals surface area contributed by atoms with Gasteiger partial charge in [0.1, 0.15) is 5.82 Å². The molecule has 0 spiro atoms. The molecule has 0 aliphatic heterocycles. The van der Waals surface area contributed by atoms with Crippen molar-refractivity contribution in [2.45, 2.75) is 58.9 Å². The van der Waals surface area contributed by atoms with E-state index in [4.69, 9.17) is 0 Å². The van der Waals surface area contributed by atoms with Crippen LogP contribution in [0, 0.1) is 18.2 Å². The second-order valence-electron chi connectivity index (χ2n) is 6.40. The highest BCUT2D eigenvalue weighted by Crippen LogP contribution is 2.34. The number of aryl methyl sites for hydroxylation is 1. The van der Waals surface area contributed by atoms with Crippen molar-refractivity contribution in [1.29, 1.82) is 0 Å². The third-order valence-corrected chi connectivity index (χ3v) is 4.10. The Bertz CT molecular complexity index is 412. The molecule has 1 fully saturated rings. The van der Waals surface area contributed by atoms with Crippen LogP contribution in [-0.2, 0) is 0 Å². The maximum absolute atomic E-state index is 13.2. The molecule has 0 saturated heterocycles. The zero-order valence-electron chi connectivity index (χ0n) is 11.7. The maximum atomic E-state index is 13.2. The molecule has 1 saturated carbocycles. The van der Waals surface area contributed by atoms with E-state index in [1.54, 1.807) is 6.07 Å². The lowest BCUT2D eigenvalue weighted by molar-refractivity contribution is 0.313. The molecule has 0 amide bonds. The van der Waals surface area contributed by atoms with E-state index in [1.807, 2.05) is 19.1 Å². The average molecular weight is 249 g/mol. The molecule has 1 aliphatic rings. The zero-order chi connectivity index (χ0) is 13.2. The fraction of sp³-hybridized carbons (Fsp3) is 0.625. The molecule has 100 valence electrons. The Morgan fingerprint density at radius 1 is 1.22 bits per heavy atom. The molecule has 1 unspecified atom stereocenters. The molecule has 1 aromatic carbocycles. The third kappa shape index (κ3) is 3.47. The molecule has 1 aliphatic carbocycles. The molecule has 0 bridgehead atoms. The molecule has 1 aromatic rings. The molecule has 1 N–H and O–H groups in total. The second-order valence-corrected chi connectivity index (χ2v) is 6.40. The normalized spacial score (nSPS) is 23.4. The number of rotatable bonds is 2. The third-order valence-electron chi connectivity index (χ3n) is 4.10. The molecule has 18 heavy (non-hydrogen) atoms. The van der Waals surface area contributed by atoms with E-state index in [-0.39, 0.29) is 5.82 Å². The van der Waals surface area contributed by atoms with Crippen LogP contribution in [0.15, 0.2) is 18.2 Å². The van der Waals surface area contributed by atoms with E-state index in [0.29, 0.717) is 17.0 Å². The fourth-order valence-corrected chi connectivity index (χ4v) is 2.78. The highest BCUT2D eigenvalue weighted by atomic mass is 19.1. The van der Waals surface area contributed by atoms with Gasteiger partial charge in [0.25, 0.3) is 0 Å². The number of anilines is 1. The van der Waals surface area contributed by atoms with Crippen LogP contribution in [0.3, 0.4) is 0 Å². The number of hydrogen-bond donors (Lipinski definition) is 1. The van der Waals surface area contributed by atoms with Gasteiger partial charge in [-0.1, -0.05) is 20.3 Å². The van der Waals surface area contributed by atoms with Crippen molar-refractivity contribution < 1.29 is 4.39 Å². The molecule has 1 nitrogen and oxygen atoms in total. The van der Waals surface area contributed by atoms with Gasteiger partial charge in [-0.3, -0.25) is 0 Å². The Morgan fingerprint density at radius 3 is 2.72 bits per heavy atom. The summed E-state index contributed by atoms with van der Waals surface area (Å²) in [5.41, 5.74) is 2.25. The molecular weight excluding hydrogens is 225 g/mol. The van der Waals surface area contributed by atoms with Gasteiger partial charge in [-0.05, 0) is 61.8 Å². The first-order valence-electron chi connectivity index (χ1n) is 6.99. The minimum atomic E-state index is -0.123. The van der Waals surface area contributed by atoms with E-state index < -0.39 is 0 Å². The van der Waals surface area contributed by atoms with Crippen LogP contribution in [0.25, 0.3) is 0 Å². The Labute approximate surface area is 110 Å². The summed E-state index contributed by atoms with van der Waals surface area (Å²) >= 11 is 0. The van der Waals surface area contributed by atoms with E-state index >= 15 is 0 Å². The summed E-state index contributed by atoms with van der Waals surface area (Å²) in [5.74, 6) is -0.123. The first-order chi connectivity index (χ1) is 8.46. The Hall–Kier alpha value is -1.05.